The van der Waals surface area contributed by atoms with E-state index in [1.165, 1.54) is 0 Å². The van der Waals surface area contributed by atoms with Crippen LogP contribution in [-0.2, 0) is 16.1 Å². The second-order valence-electron chi connectivity index (χ2n) is 4.49. The molecule has 17 heavy (non-hydrogen) atoms. The van der Waals surface area contributed by atoms with Crippen LogP contribution < -0.4 is 5.73 Å². The molecular formula is C11H18N4O2. The molecule has 2 unspecified atom stereocenters. The highest BCUT2D eigenvalue weighted by molar-refractivity contribution is 5.76. The second-order valence-corrected chi connectivity index (χ2v) is 4.49. The number of nitrogens with two attached hydrogens (primary N) is 1. The summed E-state index contributed by atoms with van der Waals surface area (Å²) in [5.41, 5.74) is 5.50. The van der Waals surface area contributed by atoms with Gasteiger partial charge >= 0.3 is 0 Å². The number of hydrogen-bond acceptors (Lipinski definition) is 4. The van der Waals surface area contributed by atoms with Gasteiger partial charge in [0.15, 0.2) is 0 Å². The van der Waals surface area contributed by atoms with Crippen molar-refractivity contribution in [3.8, 4) is 0 Å². The molecule has 1 fully saturated rings. The third-order valence-electron chi connectivity index (χ3n) is 2.73. The summed E-state index contributed by atoms with van der Waals surface area (Å²) in [4.78, 5) is 13.9. The van der Waals surface area contributed by atoms with E-state index in [0.717, 1.165) is 0 Å². The molecule has 2 N–H and O–H groups in total. The summed E-state index contributed by atoms with van der Waals surface area (Å²) in [7, 11) is 0. The molecule has 0 bridgehead atoms. The summed E-state index contributed by atoms with van der Waals surface area (Å²) in [5, 5.41) is 4.00. The van der Waals surface area contributed by atoms with E-state index in [1.54, 1.807) is 16.9 Å². The van der Waals surface area contributed by atoms with Gasteiger partial charge in [0, 0.05) is 19.3 Å². The van der Waals surface area contributed by atoms with Gasteiger partial charge in [0.05, 0.1) is 12.2 Å². The van der Waals surface area contributed by atoms with E-state index in [0.29, 0.717) is 18.9 Å². The molecule has 6 heteroatoms. The molecule has 0 radical (unpaired) electrons. The van der Waals surface area contributed by atoms with Crippen molar-refractivity contribution in [2.24, 2.45) is 0 Å². The van der Waals surface area contributed by atoms with E-state index in [4.69, 9.17) is 10.5 Å². The molecule has 0 aliphatic carbocycles. The van der Waals surface area contributed by atoms with E-state index >= 15 is 0 Å². The number of hydrogen-bond donors (Lipinski definition) is 1. The number of aromatic nitrogens is 2. The number of ether oxygens (including phenoxy) is 1. The highest BCUT2D eigenvalue weighted by Crippen LogP contribution is 2.11. The van der Waals surface area contributed by atoms with E-state index in [2.05, 4.69) is 5.10 Å². The number of carbonyl (C=O) groups is 1. The number of amides is 1. The zero-order chi connectivity index (χ0) is 12.4. The quantitative estimate of drug-likeness (QED) is 0.793. The van der Waals surface area contributed by atoms with Crippen LogP contribution >= 0.6 is 0 Å². The summed E-state index contributed by atoms with van der Waals surface area (Å²) in [6.45, 7) is 5.46. The lowest BCUT2D eigenvalue weighted by molar-refractivity contribution is -0.144. The molecule has 0 aromatic carbocycles. The van der Waals surface area contributed by atoms with Gasteiger partial charge in [-0.25, -0.2) is 0 Å². The van der Waals surface area contributed by atoms with Gasteiger partial charge in [-0.2, -0.15) is 5.10 Å². The summed E-state index contributed by atoms with van der Waals surface area (Å²) in [6.07, 6.45) is 1.89. The van der Waals surface area contributed by atoms with Crippen LogP contribution in [-0.4, -0.2) is 45.9 Å². The fourth-order valence-corrected chi connectivity index (χ4v) is 2.09. The Balaban J connectivity index is 1.95. The summed E-state index contributed by atoms with van der Waals surface area (Å²) in [6, 6.07) is 1.68. The van der Waals surface area contributed by atoms with Crippen molar-refractivity contribution < 1.29 is 9.53 Å². The smallest absolute Gasteiger partial charge is 0.244 e. The van der Waals surface area contributed by atoms with Crippen LogP contribution in [0.2, 0.25) is 0 Å². The SMILES string of the molecule is CC1CN(C(=O)Cn2ccc(N)n2)CC(C)O1. The first-order chi connectivity index (χ1) is 8.04. The van der Waals surface area contributed by atoms with Crippen molar-refractivity contribution >= 4 is 11.7 Å². The largest absolute Gasteiger partial charge is 0.382 e. The topological polar surface area (TPSA) is 73.4 Å². The number of morpholine rings is 1. The average Bonchev–Trinajstić information content (AvgIpc) is 2.62. The molecule has 1 aromatic heterocycles. The van der Waals surface area contributed by atoms with Gasteiger partial charge in [-0.1, -0.05) is 0 Å². The fraction of sp³-hybridized carbons (Fsp3) is 0.636. The Morgan fingerprint density at radius 3 is 2.71 bits per heavy atom. The van der Waals surface area contributed by atoms with E-state index in [9.17, 15) is 4.79 Å². The molecule has 1 aromatic rings. The van der Waals surface area contributed by atoms with Gasteiger partial charge < -0.3 is 15.4 Å². The molecule has 94 valence electrons. The molecule has 6 nitrogen and oxygen atoms in total. The zero-order valence-corrected chi connectivity index (χ0v) is 10.2. The Hall–Kier alpha value is -1.56. The van der Waals surface area contributed by atoms with Crippen molar-refractivity contribution in [1.82, 2.24) is 14.7 Å². The van der Waals surface area contributed by atoms with Crippen LogP contribution in [0.25, 0.3) is 0 Å². The first kappa shape index (κ1) is 11.9. The third kappa shape index (κ3) is 2.97. The van der Waals surface area contributed by atoms with Crippen LogP contribution in [0.15, 0.2) is 12.3 Å². The summed E-state index contributed by atoms with van der Waals surface area (Å²) >= 11 is 0. The Labute approximate surface area is 100 Å². The van der Waals surface area contributed by atoms with Crippen molar-refractivity contribution in [3.05, 3.63) is 12.3 Å². The third-order valence-corrected chi connectivity index (χ3v) is 2.73. The maximum Gasteiger partial charge on any atom is 0.244 e. The zero-order valence-electron chi connectivity index (χ0n) is 10.2. The van der Waals surface area contributed by atoms with Gasteiger partial charge in [-0.15, -0.1) is 0 Å². The normalized spacial score (nSPS) is 24.9. The van der Waals surface area contributed by atoms with E-state index in [-0.39, 0.29) is 24.7 Å². The number of nitrogen functional groups attached to an aromatic ring is 1. The number of rotatable bonds is 2. The van der Waals surface area contributed by atoms with Crippen molar-refractivity contribution in [2.75, 3.05) is 18.8 Å². The van der Waals surface area contributed by atoms with Gasteiger partial charge in [0.1, 0.15) is 12.4 Å². The molecule has 1 amide bonds. The molecule has 1 aliphatic rings. The maximum atomic E-state index is 12.0. The van der Waals surface area contributed by atoms with Gasteiger partial charge in [0.25, 0.3) is 0 Å². The molecular weight excluding hydrogens is 220 g/mol. The first-order valence-corrected chi connectivity index (χ1v) is 5.77. The standard InChI is InChI=1S/C11H18N4O2/c1-8-5-14(6-9(2)17-8)11(16)7-15-4-3-10(12)13-15/h3-4,8-9H,5-7H2,1-2H3,(H2,12,13). The van der Waals surface area contributed by atoms with Crippen LogP contribution in [0.4, 0.5) is 5.82 Å². The minimum Gasteiger partial charge on any atom is -0.382 e. The molecule has 1 saturated heterocycles. The maximum absolute atomic E-state index is 12.0. The predicted octanol–water partition coefficient (Wildman–Crippen LogP) is 0.101. The lowest BCUT2D eigenvalue weighted by Crippen LogP contribution is -2.49. The minimum atomic E-state index is 0.0510. The van der Waals surface area contributed by atoms with Crippen molar-refractivity contribution in [1.29, 1.82) is 0 Å². The van der Waals surface area contributed by atoms with E-state index < -0.39 is 0 Å². The highest BCUT2D eigenvalue weighted by atomic mass is 16.5. The van der Waals surface area contributed by atoms with Gasteiger partial charge in [-0.3, -0.25) is 9.48 Å². The Kier molecular flexibility index (Phi) is 3.33. The molecule has 1 aliphatic heterocycles. The van der Waals surface area contributed by atoms with Crippen LogP contribution in [0.3, 0.4) is 0 Å². The van der Waals surface area contributed by atoms with Crippen LogP contribution in [0.1, 0.15) is 13.8 Å². The second kappa shape index (κ2) is 4.75. The number of carbonyl (C=O) groups excluding carboxylic acids is 1. The molecule has 2 heterocycles. The van der Waals surface area contributed by atoms with Crippen molar-refractivity contribution in [3.63, 3.8) is 0 Å². The van der Waals surface area contributed by atoms with Gasteiger partial charge in [-0.05, 0) is 19.9 Å². The van der Waals surface area contributed by atoms with Crippen LogP contribution in [0.5, 0.6) is 0 Å². The van der Waals surface area contributed by atoms with Crippen molar-refractivity contribution in [2.45, 2.75) is 32.6 Å². The average molecular weight is 238 g/mol. The Morgan fingerprint density at radius 2 is 2.18 bits per heavy atom. The summed E-state index contributed by atoms with van der Waals surface area (Å²) in [5.74, 6) is 0.483. The van der Waals surface area contributed by atoms with Crippen LogP contribution in [0, 0.1) is 0 Å². The first-order valence-electron chi connectivity index (χ1n) is 5.77. The Bertz CT molecular complexity index is 394. The molecule has 2 atom stereocenters. The number of anilines is 1. The molecule has 0 spiro atoms. The van der Waals surface area contributed by atoms with Gasteiger partial charge in [0.2, 0.25) is 5.91 Å². The lowest BCUT2D eigenvalue weighted by atomic mass is 10.2. The lowest BCUT2D eigenvalue weighted by Gasteiger charge is -2.35. The fourth-order valence-electron chi connectivity index (χ4n) is 2.09. The van der Waals surface area contributed by atoms with E-state index in [1.807, 2.05) is 18.7 Å². The predicted molar refractivity (Wildman–Crippen MR) is 63.2 cm³/mol. The minimum absolute atomic E-state index is 0.0510. The summed E-state index contributed by atoms with van der Waals surface area (Å²) < 4.78 is 7.14. The monoisotopic (exact) mass is 238 g/mol. The number of nitrogens with zero attached hydrogens (tertiary/aromatic N) is 3. The highest BCUT2D eigenvalue weighted by Gasteiger charge is 2.25. The molecule has 2 rings (SSSR count). The molecule has 0 saturated carbocycles. The Morgan fingerprint density at radius 1 is 1.53 bits per heavy atom.